The maximum Gasteiger partial charge on any atom is 0.264 e. The second-order valence-corrected chi connectivity index (χ2v) is 7.20. The predicted molar refractivity (Wildman–Crippen MR) is 105 cm³/mol. The molecule has 0 unspecified atom stereocenters. The summed E-state index contributed by atoms with van der Waals surface area (Å²) in [4.78, 5) is 27.8. The van der Waals surface area contributed by atoms with Crippen molar-refractivity contribution >= 4 is 17.4 Å². The molecule has 1 amide bonds. The molecule has 5 nitrogen and oxygen atoms in total. The van der Waals surface area contributed by atoms with Crippen molar-refractivity contribution in [2.24, 2.45) is 0 Å². The molecule has 142 valence electrons. The van der Waals surface area contributed by atoms with Gasteiger partial charge >= 0.3 is 0 Å². The van der Waals surface area contributed by atoms with Crippen LogP contribution in [0.3, 0.4) is 0 Å². The van der Waals surface area contributed by atoms with Crippen molar-refractivity contribution < 1.29 is 19.1 Å². The van der Waals surface area contributed by atoms with E-state index in [-0.39, 0.29) is 12.2 Å². The Kier molecular flexibility index (Phi) is 4.40. The summed E-state index contributed by atoms with van der Waals surface area (Å²) in [5.74, 6) is -0.299. The number of ketones is 1. The molecule has 2 heterocycles. The summed E-state index contributed by atoms with van der Waals surface area (Å²) >= 11 is 0. The molecule has 0 saturated heterocycles. The minimum absolute atomic E-state index is 0.309. The second kappa shape index (κ2) is 6.77. The Hall–Kier alpha value is -3.18. The SMILES string of the molecule is Cc1coc(C)c1C(=O)C[C@]1(O)C(=O)N(Cc2ccccc2)c2ccccc21. The highest BCUT2D eigenvalue weighted by molar-refractivity contribution is 6.11. The number of furan rings is 1. The molecule has 0 radical (unpaired) electrons. The van der Waals surface area contributed by atoms with Crippen molar-refractivity contribution in [3.05, 3.63) is 88.9 Å². The molecule has 0 fully saturated rings. The minimum atomic E-state index is -1.89. The Morgan fingerprint density at radius 2 is 1.75 bits per heavy atom. The number of para-hydroxylation sites is 1. The van der Waals surface area contributed by atoms with Crippen LogP contribution in [0, 0.1) is 13.8 Å². The van der Waals surface area contributed by atoms with Gasteiger partial charge in [-0.2, -0.15) is 0 Å². The topological polar surface area (TPSA) is 70.7 Å². The molecule has 1 aliphatic heterocycles. The first kappa shape index (κ1) is 18.2. The number of rotatable bonds is 5. The fourth-order valence-electron chi connectivity index (χ4n) is 3.91. The van der Waals surface area contributed by atoms with Gasteiger partial charge in [0.25, 0.3) is 5.91 Å². The molecular weight excluding hydrogens is 354 g/mol. The van der Waals surface area contributed by atoms with Crippen LogP contribution in [0.5, 0.6) is 0 Å². The van der Waals surface area contributed by atoms with Crippen LogP contribution in [0.25, 0.3) is 0 Å². The number of carbonyl (C=O) groups is 2. The van der Waals surface area contributed by atoms with Gasteiger partial charge in [-0.05, 0) is 31.0 Å². The number of anilines is 1. The maximum absolute atomic E-state index is 13.3. The normalized spacial score (nSPS) is 18.4. The Labute approximate surface area is 163 Å². The fraction of sp³-hybridized carbons (Fsp3) is 0.217. The number of hydrogen-bond donors (Lipinski definition) is 1. The summed E-state index contributed by atoms with van der Waals surface area (Å²) in [5, 5.41) is 11.4. The van der Waals surface area contributed by atoms with Crippen LogP contribution >= 0.6 is 0 Å². The van der Waals surface area contributed by atoms with Gasteiger partial charge in [0, 0.05) is 5.56 Å². The van der Waals surface area contributed by atoms with E-state index in [9.17, 15) is 14.7 Å². The van der Waals surface area contributed by atoms with Gasteiger partial charge in [-0.15, -0.1) is 0 Å². The zero-order valence-electron chi connectivity index (χ0n) is 15.8. The van der Waals surface area contributed by atoms with E-state index in [1.807, 2.05) is 36.4 Å². The highest BCUT2D eigenvalue weighted by Gasteiger charge is 2.51. The van der Waals surface area contributed by atoms with Crippen LogP contribution in [0.15, 0.2) is 65.3 Å². The third-order valence-corrected chi connectivity index (χ3v) is 5.28. The van der Waals surface area contributed by atoms with Gasteiger partial charge < -0.3 is 14.4 Å². The van der Waals surface area contributed by atoms with Crippen molar-refractivity contribution in [2.45, 2.75) is 32.4 Å². The zero-order valence-corrected chi connectivity index (χ0v) is 15.8. The number of carbonyl (C=O) groups excluding carboxylic acids is 2. The quantitative estimate of drug-likeness (QED) is 0.687. The van der Waals surface area contributed by atoms with E-state index in [1.54, 1.807) is 36.9 Å². The number of aliphatic hydroxyl groups is 1. The Balaban J connectivity index is 1.71. The number of fused-ring (bicyclic) bond motifs is 1. The highest BCUT2D eigenvalue weighted by atomic mass is 16.3. The summed E-state index contributed by atoms with van der Waals surface area (Å²) in [6.45, 7) is 3.81. The number of Topliss-reactive ketones (excluding diaryl/α,β-unsaturated/α-hetero) is 1. The van der Waals surface area contributed by atoms with E-state index in [0.29, 0.717) is 34.7 Å². The standard InChI is InChI=1S/C23H21NO4/c1-15-14-28-16(2)21(15)20(25)12-23(27)18-10-6-7-11-19(18)24(22(23)26)13-17-8-4-3-5-9-17/h3-11,14,27H,12-13H2,1-2H3/t23-/m1/s1. The number of hydrogen-bond acceptors (Lipinski definition) is 4. The summed E-state index contributed by atoms with van der Waals surface area (Å²) < 4.78 is 5.31. The Bertz CT molecular complexity index is 1030. The third kappa shape index (κ3) is 2.84. The lowest BCUT2D eigenvalue weighted by molar-refractivity contribution is -0.136. The van der Waals surface area contributed by atoms with Crippen LogP contribution in [0.2, 0.25) is 0 Å². The lowest BCUT2D eigenvalue weighted by atomic mass is 9.87. The van der Waals surface area contributed by atoms with E-state index < -0.39 is 11.5 Å². The first-order valence-corrected chi connectivity index (χ1v) is 9.17. The molecule has 28 heavy (non-hydrogen) atoms. The van der Waals surface area contributed by atoms with Crippen LogP contribution in [-0.2, 0) is 16.9 Å². The smallest absolute Gasteiger partial charge is 0.264 e. The Morgan fingerprint density at radius 3 is 2.43 bits per heavy atom. The summed E-state index contributed by atoms with van der Waals surface area (Å²) in [6.07, 6.45) is 1.19. The summed E-state index contributed by atoms with van der Waals surface area (Å²) in [7, 11) is 0. The van der Waals surface area contributed by atoms with Gasteiger partial charge in [0.05, 0.1) is 30.5 Å². The van der Waals surface area contributed by atoms with Crippen LogP contribution in [0.4, 0.5) is 5.69 Å². The van der Waals surface area contributed by atoms with Gasteiger partial charge in [-0.25, -0.2) is 0 Å². The molecule has 0 aliphatic carbocycles. The maximum atomic E-state index is 13.3. The molecule has 1 atom stereocenters. The molecule has 3 aromatic rings. The fourth-order valence-corrected chi connectivity index (χ4v) is 3.91. The van der Waals surface area contributed by atoms with Gasteiger partial charge in [0.15, 0.2) is 11.4 Å². The van der Waals surface area contributed by atoms with Gasteiger partial charge in [-0.3, -0.25) is 9.59 Å². The molecule has 1 aliphatic rings. The van der Waals surface area contributed by atoms with Gasteiger partial charge in [0.2, 0.25) is 0 Å². The highest BCUT2D eigenvalue weighted by Crippen LogP contribution is 2.43. The van der Waals surface area contributed by atoms with Gasteiger partial charge in [0.1, 0.15) is 5.76 Å². The number of nitrogens with zero attached hydrogens (tertiary/aromatic N) is 1. The second-order valence-electron chi connectivity index (χ2n) is 7.20. The molecule has 0 bridgehead atoms. The number of amides is 1. The monoisotopic (exact) mass is 375 g/mol. The van der Waals surface area contributed by atoms with Crippen LogP contribution in [-0.4, -0.2) is 16.8 Å². The third-order valence-electron chi connectivity index (χ3n) is 5.28. The molecule has 1 aromatic heterocycles. The van der Waals surface area contributed by atoms with Crippen molar-refractivity contribution in [1.29, 1.82) is 0 Å². The molecule has 0 saturated carbocycles. The lowest BCUT2D eigenvalue weighted by Gasteiger charge is -2.23. The van der Waals surface area contributed by atoms with Crippen molar-refractivity contribution in [3.63, 3.8) is 0 Å². The van der Waals surface area contributed by atoms with E-state index >= 15 is 0 Å². The molecule has 1 N–H and O–H groups in total. The molecule has 4 rings (SSSR count). The van der Waals surface area contributed by atoms with Crippen LogP contribution < -0.4 is 4.90 Å². The van der Waals surface area contributed by atoms with E-state index in [2.05, 4.69) is 0 Å². The van der Waals surface area contributed by atoms with Gasteiger partial charge in [-0.1, -0.05) is 48.5 Å². The average Bonchev–Trinajstić information content (AvgIpc) is 3.13. The largest absolute Gasteiger partial charge is 0.469 e. The molecular formula is C23H21NO4. The van der Waals surface area contributed by atoms with E-state index in [1.165, 1.54) is 6.26 Å². The lowest BCUT2D eigenvalue weighted by Crippen LogP contribution is -2.41. The number of benzene rings is 2. The van der Waals surface area contributed by atoms with E-state index in [4.69, 9.17) is 4.42 Å². The average molecular weight is 375 g/mol. The molecule has 0 spiro atoms. The minimum Gasteiger partial charge on any atom is -0.469 e. The predicted octanol–water partition coefficient (Wildman–Crippen LogP) is 3.90. The van der Waals surface area contributed by atoms with E-state index in [0.717, 1.165) is 5.56 Å². The summed E-state index contributed by atoms with van der Waals surface area (Å²) in [6, 6.07) is 16.7. The van der Waals surface area contributed by atoms with Crippen molar-refractivity contribution in [1.82, 2.24) is 0 Å². The number of aryl methyl sites for hydroxylation is 2. The molecule has 2 aromatic carbocycles. The van der Waals surface area contributed by atoms with Crippen LogP contribution in [0.1, 0.15) is 39.2 Å². The zero-order chi connectivity index (χ0) is 19.9. The molecule has 5 heteroatoms. The van der Waals surface area contributed by atoms with Crippen molar-refractivity contribution in [2.75, 3.05) is 4.90 Å². The first-order valence-electron chi connectivity index (χ1n) is 9.17. The first-order chi connectivity index (χ1) is 13.4. The Morgan fingerprint density at radius 1 is 1.07 bits per heavy atom. The summed E-state index contributed by atoms with van der Waals surface area (Å²) in [5.41, 5.74) is 1.28. The van der Waals surface area contributed by atoms with Crippen molar-refractivity contribution in [3.8, 4) is 0 Å².